The Labute approximate surface area is 96.3 Å². The lowest BCUT2D eigenvalue weighted by molar-refractivity contribution is 0.453. The fourth-order valence-corrected chi connectivity index (χ4v) is 1.77. The Morgan fingerprint density at radius 1 is 1.29 bits per heavy atom. The number of pyridine rings is 1. The Bertz CT molecular complexity index is 567. The number of nitrogens with zero attached hydrogens (tertiary/aromatic N) is 1. The van der Waals surface area contributed by atoms with Crippen molar-refractivity contribution >= 4 is 10.8 Å². The first kappa shape index (κ1) is 11.9. The SMILES string of the molecule is CC(N)Cc1nccc2cc(F)c(F)c(F)c12. The minimum Gasteiger partial charge on any atom is -0.328 e. The van der Waals surface area contributed by atoms with Crippen LogP contribution in [0, 0.1) is 17.5 Å². The predicted molar refractivity (Wildman–Crippen MR) is 59.0 cm³/mol. The summed E-state index contributed by atoms with van der Waals surface area (Å²) in [7, 11) is 0. The van der Waals surface area contributed by atoms with Crippen LogP contribution < -0.4 is 5.73 Å². The summed E-state index contributed by atoms with van der Waals surface area (Å²) >= 11 is 0. The van der Waals surface area contributed by atoms with Gasteiger partial charge >= 0.3 is 0 Å². The molecule has 0 saturated heterocycles. The van der Waals surface area contributed by atoms with E-state index < -0.39 is 17.5 Å². The van der Waals surface area contributed by atoms with Crippen molar-refractivity contribution in [1.82, 2.24) is 4.98 Å². The number of rotatable bonds is 2. The second-order valence-corrected chi connectivity index (χ2v) is 4.02. The normalized spacial score (nSPS) is 13.0. The van der Waals surface area contributed by atoms with Gasteiger partial charge in [-0.3, -0.25) is 4.98 Å². The summed E-state index contributed by atoms with van der Waals surface area (Å²) in [5.74, 6) is -3.88. The molecule has 2 aromatic rings. The van der Waals surface area contributed by atoms with Crippen LogP contribution >= 0.6 is 0 Å². The molecule has 0 aliphatic heterocycles. The molecule has 2 N–H and O–H groups in total. The minimum atomic E-state index is -1.48. The molecule has 0 aliphatic carbocycles. The number of hydrogen-bond acceptors (Lipinski definition) is 2. The lowest BCUT2D eigenvalue weighted by Crippen LogP contribution is -2.19. The van der Waals surface area contributed by atoms with Crippen molar-refractivity contribution in [3.8, 4) is 0 Å². The molecule has 0 radical (unpaired) electrons. The Kier molecular flexibility index (Phi) is 3.02. The molecule has 1 aromatic carbocycles. The van der Waals surface area contributed by atoms with Gasteiger partial charge in [-0.2, -0.15) is 0 Å². The van der Waals surface area contributed by atoms with Gasteiger partial charge in [0.1, 0.15) is 0 Å². The summed E-state index contributed by atoms with van der Waals surface area (Å²) in [5.41, 5.74) is 5.94. The highest BCUT2D eigenvalue weighted by molar-refractivity contribution is 5.85. The van der Waals surface area contributed by atoms with Gasteiger partial charge in [0.25, 0.3) is 0 Å². The maximum Gasteiger partial charge on any atom is 0.195 e. The quantitative estimate of drug-likeness (QED) is 0.819. The monoisotopic (exact) mass is 240 g/mol. The van der Waals surface area contributed by atoms with E-state index in [-0.39, 0.29) is 16.8 Å². The zero-order valence-electron chi connectivity index (χ0n) is 9.17. The van der Waals surface area contributed by atoms with Crippen molar-refractivity contribution in [2.24, 2.45) is 5.73 Å². The maximum absolute atomic E-state index is 13.7. The van der Waals surface area contributed by atoms with Crippen LogP contribution in [-0.4, -0.2) is 11.0 Å². The van der Waals surface area contributed by atoms with Crippen LogP contribution in [-0.2, 0) is 6.42 Å². The van der Waals surface area contributed by atoms with E-state index in [4.69, 9.17) is 5.73 Å². The summed E-state index contributed by atoms with van der Waals surface area (Å²) in [4.78, 5) is 3.97. The molecule has 0 fully saturated rings. The largest absolute Gasteiger partial charge is 0.328 e. The highest BCUT2D eigenvalue weighted by Crippen LogP contribution is 2.25. The number of hydrogen-bond donors (Lipinski definition) is 1. The molecule has 17 heavy (non-hydrogen) atoms. The number of aromatic nitrogens is 1. The second kappa shape index (κ2) is 4.33. The molecule has 0 spiro atoms. The zero-order chi connectivity index (χ0) is 12.6. The Balaban J connectivity index is 2.74. The zero-order valence-corrected chi connectivity index (χ0v) is 9.17. The van der Waals surface area contributed by atoms with Crippen LogP contribution in [0.3, 0.4) is 0 Å². The fraction of sp³-hybridized carbons (Fsp3) is 0.250. The van der Waals surface area contributed by atoms with Crippen molar-refractivity contribution < 1.29 is 13.2 Å². The van der Waals surface area contributed by atoms with Crippen LogP contribution in [0.15, 0.2) is 18.3 Å². The van der Waals surface area contributed by atoms with E-state index in [2.05, 4.69) is 4.98 Å². The summed E-state index contributed by atoms with van der Waals surface area (Å²) in [6.07, 6.45) is 1.73. The van der Waals surface area contributed by atoms with E-state index in [1.807, 2.05) is 0 Å². The van der Waals surface area contributed by atoms with Crippen LogP contribution in [0.1, 0.15) is 12.6 Å². The summed E-state index contributed by atoms with van der Waals surface area (Å²) in [5, 5.41) is 0.288. The lowest BCUT2D eigenvalue weighted by atomic mass is 10.0. The molecule has 1 atom stereocenters. The molecule has 90 valence electrons. The number of benzene rings is 1. The smallest absolute Gasteiger partial charge is 0.195 e. The first-order valence-electron chi connectivity index (χ1n) is 5.17. The molecule has 0 aliphatic rings. The number of nitrogens with two attached hydrogens (primary N) is 1. The average molecular weight is 240 g/mol. The van der Waals surface area contributed by atoms with Gasteiger partial charge in [-0.25, -0.2) is 13.2 Å². The van der Waals surface area contributed by atoms with E-state index >= 15 is 0 Å². The van der Waals surface area contributed by atoms with Gasteiger partial charge in [-0.1, -0.05) is 0 Å². The van der Waals surface area contributed by atoms with Gasteiger partial charge in [0.05, 0.1) is 5.69 Å². The standard InChI is InChI=1S/C12H11F3N2/c1-6(16)4-9-10-7(2-3-17-9)5-8(13)11(14)12(10)15/h2-3,5-6H,4,16H2,1H3. The van der Waals surface area contributed by atoms with Gasteiger partial charge in [-0.05, 0) is 24.4 Å². The summed E-state index contributed by atoms with van der Waals surface area (Å²) < 4.78 is 39.9. The van der Waals surface area contributed by atoms with Crippen LogP contribution in [0.5, 0.6) is 0 Å². The number of halogens is 3. The van der Waals surface area contributed by atoms with E-state index in [0.717, 1.165) is 6.07 Å². The molecule has 0 amide bonds. The van der Waals surface area contributed by atoms with Gasteiger partial charge in [0.2, 0.25) is 0 Å². The molecule has 1 unspecified atom stereocenters. The van der Waals surface area contributed by atoms with Gasteiger partial charge in [-0.15, -0.1) is 0 Å². The van der Waals surface area contributed by atoms with Crippen LogP contribution in [0.25, 0.3) is 10.8 Å². The first-order valence-corrected chi connectivity index (χ1v) is 5.17. The molecule has 2 nitrogen and oxygen atoms in total. The molecular weight excluding hydrogens is 229 g/mol. The van der Waals surface area contributed by atoms with Crippen LogP contribution in [0.2, 0.25) is 0 Å². The third-order valence-electron chi connectivity index (χ3n) is 2.48. The van der Waals surface area contributed by atoms with Gasteiger partial charge in [0.15, 0.2) is 17.5 Å². The predicted octanol–water partition coefficient (Wildman–Crippen LogP) is 2.54. The third-order valence-corrected chi connectivity index (χ3v) is 2.48. The minimum absolute atomic E-state index is 0.00343. The summed E-state index contributed by atoms with van der Waals surface area (Å²) in [6, 6.07) is 2.16. The Morgan fingerprint density at radius 3 is 2.65 bits per heavy atom. The Hall–Kier alpha value is -1.62. The number of fused-ring (bicyclic) bond motifs is 1. The average Bonchev–Trinajstić information content (AvgIpc) is 2.25. The van der Waals surface area contributed by atoms with Crippen molar-refractivity contribution in [2.45, 2.75) is 19.4 Å². The molecule has 1 heterocycles. The summed E-state index contributed by atoms with van der Waals surface area (Å²) in [6.45, 7) is 1.73. The molecule has 0 bridgehead atoms. The third kappa shape index (κ3) is 2.10. The fourth-order valence-electron chi connectivity index (χ4n) is 1.77. The van der Waals surface area contributed by atoms with Crippen molar-refractivity contribution in [3.05, 3.63) is 41.5 Å². The van der Waals surface area contributed by atoms with Gasteiger partial charge < -0.3 is 5.73 Å². The topological polar surface area (TPSA) is 38.9 Å². The van der Waals surface area contributed by atoms with E-state index in [1.165, 1.54) is 12.3 Å². The second-order valence-electron chi connectivity index (χ2n) is 4.02. The molecule has 5 heteroatoms. The molecule has 0 saturated carbocycles. The molecule has 2 rings (SSSR count). The molecule has 1 aromatic heterocycles. The van der Waals surface area contributed by atoms with E-state index in [1.54, 1.807) is 6.92 Å². The Morgan fingerprint density at radius 2 is 2.00 bits per heavy atom. The lowest BCUT2D eigenvalue weighted by Gasteiger charge is -2.09. The van der Waals surface area contributed by atoms with Crippen molar-refractivity contribution in [1.29, 1.82) is 0 Å². The maximum atomic E-state index is 13.7. The van der Waals surface area contributed by atoms with Gasteiger partial charge in [0, 0.05) is 24.0 Å². The highest BCUT2D eigenvalue weighted by Gasteiger charge is 2.17. The van der Waals surface area contributed by atoms with E-state index in [9.17, 15) is 13.2 Å². The first-order chi connectivity index (χ1) is 8.00. The molecular formula is C12H11F3N2. The van der Waals surface area contributed by atoms with E-state index in [0.29, 0.717) is 12.1 Å². The van der Waals surface area contributed by atoms with Crippen LogP contribution in [0.4, 0.5) is 13.2 Å². The van der Waals surface area contributed by atoms with Crippen molar-refractivity contribution in [2.75, 3.05) is 0 Å². The van der Waals surface area contributed by atoms with Crippen molar-refractivity contribution in [3.63, 3.8) is 0 Å². The highest BCUT2D eigenvalue weighted by atomic mass is 19.2.